The summed E-state index contributed by atoms with van der Waals surface area (Å²) in [5.41, 5.74) is 1.04. The molecule has 0 aliphatic rings. The Bertz CT molecular complexity index is 857. The first kappa shape index (κ1) is 19.7. The van der Waals surface area contributed by atoms with Gasteiger partial charge in [0, 0.05) is 5.69 Å². The van der Waals surface area contributed by atoms with E-state index in [1.165, 1.54) is 27.4 Å². The average molecular weight is 368 g/mol. The number of amides is 1. The Kier molecular flexibility index (Phi) is 6.67. The summed E-state index contributed by atoms with van der Waals surface area (Å²) in [7, 11) is 6.04. The van der Waals surface area contributed by atoms with Gasteiger partial charge in [-0.15, -0.1) is 0 Å². The van der Waals surface area contributed by atoms with Gasteiger partial charge in [0.2, 0.25) is 5.75 Å². The second kappa shape index (κ2) is 9.15. The minimum atomic E-state index is -0.531. The zero-order valence-electron chi connectivity index (χ0n) is 15.5. The van der Waals surface area contributed by atoms with Gasteiger partial charge in [0.05, 0.1) is 28.4 Å². The molecule has 2 rings (SSSR count). The molecule has 0 radical (unpaired) electrons. The highest BCUT2D eigenvalue weighted by Crippen LogP contribution is 2.38. The van der Waals surface area contributed by atoms with E-state index in [9.17, 15) is 10.1 Å². The van der Waals surface area contributed by atoms with Crippen LogP contribution < -0.4 is 24.3 Å². The van der Waals surface area contributed by atoms with E-state index in [4.69, 9.17) is 18.9 Å². The highest BCUT2D eigenvalue weighted by Gasteiger charge is 2.15. The summed E-state index contributed by atoms with van der Waals surface area (Å²) in [5, 5.41) is 12.1. The van der Waals surface area contributed by atoms with Gasteiger partial charge in [-0.05, 0) is 48.0 Å². The van der Waals surface area contributed by atoms with Crippen molar-refractivity contribution in [2.24, 2.45) is 0 Å². The molecule has 0 aliphatic carbocycles. The second-order valence-corrected chi connectivity index (χ2v) is 5.31. The van der Waals surface area contributed by atoms with E-state index in [1.54, 1.807) is 43.5 Å². The van der Waals surface area contributed by atoms with Crippen molar-refractivity contribution in [3.63, 3.8) is 0 Å². The predicted molar refractivity (Wildman–Crippen MR) is 101 cm³/mol. The predicted octanol–water partition coefficient (Wildman–Crippen LogP) is 3.27. The summed E-state index contributed by atoms with van der Waals surface area (Å²) in [4.78, 5) is 12.4. The molecule has 2 aromatic carbocycles. The minimum absolute atomic E-state index is 0.0694. The number of nitrogens with one attached hydrogen (secondary N) is 1. The van der Waals surface area contributed by atoms with Crippen molar-refractivity contribution < 1.29 is 23.7 Å². The van der Waals surface area contributed by atoms with E-state index in [1.807, 2.05) is 6.07 Å². The average Bonchev–Trinajstić information content (AvgIpc) is 2.71. The third kappa shape index (κ3) is 4.70. The fourth-order valence-corrected chi connectivity index (χ4v) is 2.37. The number of benzene rings is 2. The third-order valence-corrected chi connectivity index (χ3v) is 3.71. The topological polar surface area (TPSA) is 89.8 Å². The Morgan fingerprint density at radius 1 is 0.963 bits per heavy atom. The number of ether oxygens (including phenoxy) is 4. The smallest absolute Gasteiger partial charge is 0.266 e. The van der Waals surface area contributed by atoms with Crippen molar-refractivity contribution in [1.82, 2.24) is 0 Å². The number of anilines is 1. The summed E-state index contributed by atoms with van der Waals surface area (Å²) in [6.07, 6.45) is 1.45. The zero-order chi connectivity index (χ0) is 19.8. The zero-order valence-corrected chi connectivity index (χ0v) is 15.5. The van der Waals surface area contributed by atoms with Gasteiger partial charge >= 0.3 is 0 Å². The largest absolute Gasteiger partial charge is 0.497 e. The van der Waals surface area contributed by atoms with Crippen molar-refractivity contribution in [3.05, 3.63) is 47.5 Å². The lowest BCUT2D eigenvalue weighted by Crippen LogP contribution is -2.13. The monoisotopic (exact) mass is 368 g/mol. The number of hydrogen-bond acceptors (Lipinski definition) is 6. The molecule has 0 fully saturated rings. The minimum Gasteiger partial charge on any atom is -0.497 e. The van der Waals surface area contributed by atoms with Crippen LogP contribution in [0.3, 0.4) is 0 Å². The Morgan fingerprint density at radius 3 is 2.00 bits per heavy atom. The molecule has 0 unspecified atom stereocenters. The molecule has 0 spiro atoms. The van der Waals surface area contributed by atoms with Gasteiger partial charge in [-0.2, -0.15) is 5.26 Å². The number of nitrogens with zero attached hydrogens (tertiary/aromatic N) is 1. The first-order valence-electron chi connectivity index (χ1n) is 7.93. The molecular weight excluding hydrogens is 348 g/mol. The molecule has 27 heavy (non-hydrogen) atoms. The second-order valence-electron chi connectivity index (χ2n) is 5.31. The van der Waals surface area contributed by atoms with Gasteiger partial charge in [-0.1, -0.05) is 0 Å². The van der Waals surface area contributed by atoms with E-state index in [2.05, 4.69) is 5.32 Å². The fraction of sp³-hybridized carbons (Fsp3) is 0.200. The molecule has 0 atom stereocenters. The van der Waals surface area contributed by atoms with Crippen molar-refractivity contribution in [2.75, 3.05) is 33.8 Å². The van der Waals surface area contributed by atoms with Crippen LogP contribution in [0.25, 0.3) is 6.08 Å². The highest BCUT2D eigenvalue weighted by molar-refractivity contribution is 6.09. The summed E-state index contributed by atoms with van der Waals surface area (Å²) >= 11 is 0. The Morgan fingerprint density at radius 2 is 1.56 bits per heavy atom. The van der Waals surface area contributed by atoms with Crippen molar-refractivity contribution in [1.29, 1.82) is 5.26 Å². The molecule has 0 saturated carbocycles. The van der Waals surface area contributed by atoms with Crippen molar-refractivity contribution >= 4 is 17.7 Å². The molecular formula is C20H20N2O5. The van der Waals surface area contributed by atoms with Crippen LogP contribution in [0.15, 0.2) is 42.0 Å². The van der Waals surface area contributed by atoms with Crippen LogP contribution in [0.2, 0.25) is 0 Å². The van der Waals surface area contributed by atoms with E-state index in [0.29, 0.717) is 34.2 Å². The molecule has 2 aromatic rings. The van der Waals surface area contributed by atoms with E-state index in [0.717, 1.165) is 0 Å². The fourth-order valence-electron chi connectivity index (χ4n) is 2.37. The van der Waals surface area contributed by atoms with Crippen LogP contribution in [-0.4, -0.2) is 34.3 Å². The maximum Gasteiger partial charge on any atom is 0.266 e. The number of rotatable bonds is 7. The van der Waals surface area contributed by atoms with Gasteiger partial charge in [0.15, 0.2) is 11.5 Å². The first-order valence-corrected chi connectivity index (χ1v) is 7.93. The van der Waals surface area contributed by atoms with Gasteiger partial charge < -0.3 is 24.3 Å². The lowest BCUT2D eigenvalue weighted by Gasteiger charge is -2.13. The lowest BCUT2D eigenvalue weighted by atomic mass is 10.1. The molecule has 1 amide bonds. The van der Waals surface area contributed by atoms with Gasteiger partial charge in [-0.3, -0.25) is 4.79 Å². The molecule has 0 heterocycles. The molecule has 1 N–H and O–H groups in total. The SMILES string of the molecule is COc1ccc(NC(=O)/C(C#N)=C\c2cc(OC)c(OC)c(OC)c2)cc1. The van der Waals surface area contributed by atoms with Gasteiger partial charge in [-0.25, -0.2) is 0 Å². The van der Waals surface area contributed by atoms with Crippen molar-refractivity contribution in [3.8, 4) is 29.1 Å². The highest BCUT2D eigenvalue weighted by atomic mass is 16.5. The molecule has 0 aliphatic heterocycles. The van der Waals surface area contributed by atoms with Crippen LogP contribution >= 0.6 is 0 Å². The van der Waals surface area contributed by atoms with Crippen LogP contribution in [-0.2, 0) is 4.79 Å². The normalized spacial score (nSPS) is 10.6. The maximum atomic E-state index is 12.4. The molecule has 0 aromatic heterocycles. The van der Waals surface area contributed by atoms with Crippen LogP contribution in [0.4, 0.5) is 5.69 Å². The summed E-state index contributed by atoms with van der Waals surface area (Å²) in [5.74, 6) is 1.42. The summed E-state index contributed by atoms with van der Waals surface area (Å²) < 4.78 is 20.9. The molecule has 7 heteroatoms. The number of methoxy groups -OCH3 is 4. The Hall–Kier alpha value is -3.66. The molecule has 140 valence electrons. The van der Waals surface area contributed by atoms with E-state index < -0.39 is 5.91 Å². The third-order valence-electron chi connectivity index (χ3n) is 3.71. The van der Waals surface area contributed by atoms with Crippen LogP contribution in [0.5, 0.6) is 23.0 Å². The lowest BCUT2D eigenvalue weighted by molar-refractivity contribution is -0.112. The standard InChI is InChI=1S/C20H20N2O5/c1-24-16-7-5-15(6-8-16)22-20(23)14(12-21)9-13-10-17(25-2)19(27-4)18(11-13)26-3/h5-11H,1-4H3,(H,22,23)/b14-9-. The quantitative estimate of drug-likeness (QED) is 0.596. The van der Waals surface area contributed by atoms with Crippen LogP contribution in [0, 0.1) is 11.3 Å². The number of nitriles is 1. The summed E-state index contributed by atoms with van der Waals surface area (Å²) in [6, 6.07) is 12.0. The number of hydrogen-bond donors (Lipinski definition) is 1. The Balaban J connectivity index is 2.31. The molecule has 0 bridgehead atoms. The molecule has 7 nitrogen and oxygen atoms in total. The van der Waals surface area contributed by atoms with E-state index in [-0.39, 0.29) is 5.57 Å². The van der Waals surface area contributed by atoms with Gasteiger partial charge in [0.1, 0.15) is 17.4 Å². The molecule has 0 saturated heterocycles. The van der Waals surface area contributed by atoms with Gasteiger partial charge in [0.25, 0.3) is 5.91 Å². The summed E-state index contributed by atoms with van der Waals surface area (Å²) in [6.45, 7) is 0. The van der Waals surface area contributed by atoms with E-state index >= 15 is 0 Å². The number of carbonyl (C=O) groups is 1. The van der Waals surface area contributed by atoms with Crippen molar-refractivity contribution in [2.45, 2.75) is 0 Å². The maximum absolute atomic E-state index is 12.4. The number of carbonyl (C=O) groups excluding carboxylic acids is 1. The first-order chi connectivity index (χ1) is 13.1. The van der Waals surface area contributed by atoms with Crippen LogP contribution in [0.1, 0.15) is 5.56 Å². The Labute approximate surface area is 157 Å².